The number of hydrogen-bond acceptors (Lipinski definition) is 4. The van der Waals surface area contributed by atoms with Crippen LogP contribution in [-0.4, -0.2) is 27.9 Å². The minimum Gasteiger partial charge on any atom is -0.493 e. The van der Waals surface area contributed by atoms with Gasteiger partial charge in [0.1, 0.15) is 12.4 Å². The molecule has 2 aromatic heterocycles. The van der Waals surface area contributed by atoms with Gasteiger partial charge in [0.25, 0.3) is 5.91 Å². The summed E-state index contributed by atoms with van der Waals surface area (Å²) in [5.41, 5.74) is 5.89. The summed E-state index contributed by atoms with van der Waals surface area (Å²) in [6.07, 6.45) is 3.44. The maximum Gasteiger partial charge on any atom is 0.256 e. The van der Waals surface area contributed by atoms with E-state index in [1.165, 1.54) is 6.07 Å². The van der Waals surface area contributed by atoms with Gasteiger partial charge in [-0.25, -0.2) is 4.39 Å². The number of hydrogen-bond donors (Lipinski definition) is 1. The highest BCUT2D eigenvalue weighted by molar-refractivity contribution is 6.06. The summed E-state index contributed by atoms with van der Waals surface area (Å²) in [7, 11) is 1.56. The van der Waals surface area contributed by atoms with Crippen molar-refractivity contribution in [2.24, 2.45) is 0 Å². The zero-order valence-corrected chi connectivity index (χ0v) is 22.2. The Hall–Kier alpha value is -4.65. The molecular formula is C32H30FN3O3. The molecule has 1 amide bonds. The van der Waals surface area contributed by atoms with E-state index in [0.29, 0.717) is 35.7 Å². The number of fused-ring (bicyclic) bond motifs is 1. The Balaban J connectivity index is 1.46. The van der Waals surface area contributed by atoms with Gasteiger partial charge in [0.15, 0.2) is 11.5 Å². The van der Waals surface area contributed by atoms with Crippen LogP contribution in [0.2, 0.25) is 0 Å². The second kappa shape index (κ2) is 11.4. The number of methoxy groups -OCH3 is 1. The lowest BCUT2D eigenvalue weighted by molar-refractivity contribution is 0.0731. The third kappa shape index (κ3) is 5.62. The lowest BCUT2D eigenvalue weighted by Gasteiger charge is -2.24. The molecule has 198 valence electrons. The van der Waals surface area contributed by atoms with Crippen LogP contribution in [0.1, 0.15) is 38.3 Å². The van der Waals surface area contributed by atoms with Crippen molar-refractivity contribution in [3.63, 3.8) is 0 Å². The summed E-state index contributed by atoms with van der Waals surface area (Å²) in [5.74, 6) is 0.588. The molecular weight excluding hydrogens is 493 g/mol. The number of nitrogens with one attached hydrogen (secondary N) is 1. The minimum atomic E-state index is -0.328. The van der Waals surface area contributed by atoms with Crippen molar-refractivity contribution in [2.75, 3.05) is 7.11 Å². The van der Waals surface area contributed by atoms with Gasteiger partial charge in [-0.1, -0.05) is 36.4 Å². The zero-order chi connectivity index (χ0) is 27.4. The number of ether oxygens (including phenoxy) is 2. The second-order valence-corrected chi connectivity index (χ2v) is 9.49. The Morgan fingerprint density at radius 3 is 2.46 bits per heavy atom. The highest BCUT2D eigenvalue weighted by Crippen LogP contribution is 2.31. The number of halogens is 1. The van der Waals surface area contributed by atoms with Crippen LogP contribution in [0, 0.1) is 19.7 Å². The Kier molecular flexibility index (Phi) is 7.59. The van der Waals surface area contributed by atoms with Crippen LogP contribution in [0.15, 0.2) is 85.2 Å². The van der Waals surface area contributed by atoms with Gasteiger partial charge in [0.2, 0.25) is 0 Å². The van der Waals surface area contributed by atoms with Crippen LogP contribution in [0.5, 0.6) is 11.5 Å². The van der Waals surface area contributed by atoms with Crippen LogP contribution in [0.4, 0.5) is 4.39 Å². The third-order valence-corrected chi connectivity index (χ3v) is 6.93. The normalized spacial score (nSPS) is 11.0. The molecule has 6 nitrogen and oxygen atoms in total. The lowest BCUT2D eigenvalue weighted by Crippen LogP contribution is -2.30. The van der Waals surface area contributed by atoms with E-state index >= 15 is 0 Å². The first kappa shape index (κ1) is 26.0. The summed E-state index contributed by atoms with van der Waals surface area (Å²) in [6.45, 7) is 4.85. The number of carbonyl (C=O) groups excluding carboxylic acids is 1. The maximum atomic E-state index is 14.2. The van der Waals surface area contributed by atoms with Crippen molar-refractivity contribution in [3.05, 3.63) is 125 Å². The number of aromatic nitrogens is 2. The monoisotopic (exact) mass is 523 g/mol. The molecule has 0 aliphatic carbocycles. The number of H-pyrrole nitrogens is 1. The van der Waals surface area contributed by atoms with Gasteiger partial charge < -0.3 is 19.4 Å². The number of rotatable bonds is 9. The fraction of sp³-hybridized carbons (Fsp3) is 0.188. The molecule has 5 aromatic rings. The summed E-state index contributed by atoms with van der Waals surface area (Å²) >= 11 is 0. The number of benzene rings is 3. The molecule has 0 aliphatic heterocycles. The van der Waals surface area contributed by atoms with Crippen LogP contribution in [-0.2, 0) is 19.7 Å². The fourth-order valence-electron chi connectivity index (χ4n) is 4.66. The lowest BCUT2D eigenvalue weighted by atomic mass is 10.1. The first-order chi connectivity index (χ1) is 18.9. The second-order valence-electron chi connectivity index (χ2n) is 9.49. The molecule has 0 fully saturated rings. The molecule has 5 rings (SSSR count). The highest BCUT2D eigenvalue weighted by atomic mass is 19.1. The van der Waals surface area contributed by atoms with Gasteiger partial charge in [0.05, 0.1) is 18.2 Å². The predicted octanol–water partition coefficient (Wildman–Crippen LogP) is 6.75. The van der Waals surface area contributed by atoms with E-state index in [4.69, 9.17) is 9.47 Å². The quantitative estimate of drug-likeness (QED) is 0.232. The number of aromatic amines is 1. The Labute approximate surface area is 227 Å². The van der Waals surface area contributed by atoms with Crippen molar-refractivity contribution in [2.45, 2.75) is 33.5 Å². The largest absolute Gasteiger partial charge is 0.493 e. The third-order valence-electron chi connectivity index (χ3n) is 6.93. The van der Waals surface area contributed by atoms with Gasteiger partial charge in [0, 0.05) is 42.1 Å². The first-order valence-electron chi connectivity index (χ1n) is 12.7. The van der Waals surface area contributed by atoms with Crippen molar-refractivity contribution < 1.29 is 18.7 Å². The standard InChI is InChI=1S/C32H30FN3O3/c1-21-22(2)35-31-26(21)8-6-9-27(31)32(37)36(18-23-13-15-34-16-14-23)19-24-11-12-29(38-3)30(17-24)39-20-25-7-4-5-10-28(25)33/h4-17,35H,18-20H2,1-3H3. The molecule has 0 bridgehead atoms. The van der Waals surface area contributed by atoms with Crippen molar-refractivity contribution >= 4 is 16.8 Å². The summed E-state index contributed by atoms with van der Waals surface area (Å²) < 4.78 is 25.6. The van der Waals surface area contributed by atoms with E-state index in [-0.39, 0.29) is 18.3 Å². The molecule has 0 saturated carbocycles. The van der Waals surface area contributed by atoms with Gasteiger partial charge in [-0.2, -0.15) is 0 Å². The Bertz CT molecular complexity index is 1610. The van der Waals surface area contributed by atoms with E-state index in [2.05, 4.69) is 16.9 Å². The van der Waals surface area contributed by atoms with E-state index < -0.39 is 0 Å². The molecule has 0 unspecified atom stereocenters. The van der Waals surface area contributed by atoms with Gasteiger partial charge in [-0.15, -0.1) is 0 Å². The number of carbonyl (C=O) groups is 1. The fourth-order valence-corrected chi connectivity index (χ4v) is 4.66. The first-order valence-corrected chi connectivity index (χ1v) is 12.7. The van der Waals surface area contributed by atoms with E-state index in [9.17, 15) is 9.18 Å². The molecule has 7 heteroatoms. The van der Waals surface area contributed by atoms with Crippen LogP contribution < -0.4 is 9.47 Å². The number of para-hydroxylation sites is 1. The number of nitrogens with zero attached hydrogens (tertiary/aromatic N) is 2. The van der Waals surface area contributed by atoms with Gasteiger partial charge >= 0.3 is 0 Å². The zero-order valence-electron chi connectivity index (χ0n) is 22.2. The summed E-state index contributed by atoms with van der Waals surface area (Å²) in [4.78, 5) is 23.3. The molecule has 0 aliphatic rings. The van der Waals surface area contributed by atoms with E-state index in [1.807, 2.05) is 49.4 Å². The topological polar surface area (TPSA) is 67.5 Å². The molecule has 0 radical (unpaired) electrons. The average Bonchev–Trinajstić information content (AvgIpc) is 3.25. The number of pyridine rings is 1. The molecule has 0 atom stereocenters. The maximum absolute atomic E-state index is 14.2. The Morgan fingerprint density at radius 1 is 0.923 bits per heavy atom. The smallest absolute Gasteiger partial charge is 0.256 e. The molecule has 1 N–H and O–H groups in total. The number of amides is 1. The van der Waals surface area contributed by atoms with Crippen LogP contribution in [0.25, 0.3) is 10.9 Å². The van der Waals surface area contributed by atoms with Crippen LogP contribution in [0.3, 0.4) is 0 Å². The summed E-state index contributed by atoms with van der Waals surface area (Å²) in [5, 5.41) is 1.04. The summed E-state index contributed by atoms with van der Waals surface area (Å²) in [6, 6.07) is 21.7. The Morgan fingerprint density at radius 2 is 1.69 bits per heavy atom. The number of aryl methyl sites for hydroxylation is 2. The predicted molar refractivity (Wildman–Crippen MR) is 149 cm³/mol. The van der Waals surface area contributed by atoms with E-state index in [1.54, 1.807) is 48.7 Å². The van der Waals surface area contributed by atoms with Crippen molar-refractivity contribution in [1.29, 1.82) is 0 Å². The molecule has 0 saturated heterocycles. The molecule has 39 heavy (non-hydrogen) atoms. The molecule has 3 aromatic carbocycles. The van der Waals surface area contributed by atoms with Gasteiger partial charge in [-0.3, -0.25) is 9.78 Å². The van der Waals surface area contributed by atoms with E-state index in [0.717, 1.165) is 33.3 Å². The SMILES string of the molecule is COc1ccc(CN(Cc2ccncc2)C(=O)c2cccc3c(C)c(C)[nH]c23)cc1OCc1ccccc1F. The average molecular weight is 524 g/mol. The molecule has 2 heterocycles. The van der Waals surface area contributed by atoms with Crippen LogP contribution >= 0.6 is 0 Å². The minimum absolute atomic E-state index is 0.0552. The highest BCUT2D eigenvalue weighted by Gasteiger charge is 2.21. The molecule has 0 spiro atoms. The van der Waals surface area contributed by atoms with Gasteiger partial charge in [-0.05, 0) is 66.9 Å². The van der Waals surface area contributed by atoms with Crippen molar-refractivity contribution in [3.8, 4) is 11.5 Å². The van der Waals surface area contributed by atoms with Crippen molar-refractivity contribution in [1.82, 2.24) is 14.9 Å².